The van der Waals surface area contributed by atoms with E-state index < -0.39 is 6.09 Å². The second kappa shape index (κ2) is 6.80. The van der Waals surface area contributed by atoms with Gasteiger partial charge in [0.25, 0.3) is 0 Å². The Morgan fingerprint density at radius 3 is 2.80 bits per heavy atom. The minimum atomic E-state index is -0.476. The van der Waals surface area contributed by atoms with Gasteiger partial charge in [-0.1, -0.05) is 30.3 Å². The molecule has 0 aliphatic carbocycles. The highest BCUT2D eigenvalue weighted by molar-refractivity contribution is 5.67. The van der Waals surface area contributed by atoms with Crippen molar-refractivity contribution in [2.45, 2.75) is 6.61 Å². The van der Waals surface area contributed by atoms with Crippen LogP contribution in [-0.4, -0.2) is 19.2 Å². The fraction of sp³-hybridized carbons (Fsp3) is 0.300. The first-order chi connectivity index (χ1) is 7.33. The Balaban J connectivity index is 0.00000225. The van der Waals surface area contributed by atoms with Crippen molar-refractivity contribution in [1.29, 1.82) is 0 Å². The molecule has 84 valence electrons. The molecule has 0 unspecified atom stereocenters. The van der Waals surface area contributed by atoms with Crippen LogP contribution in [0.25, 0.3) is 0 Å². The van der Waals surface area contributed by atoms with Gasteiger partial charge in [-0.15, -0.1) is 0 Å². The van der Waals surface area contributed by atoms with Gasteiger partial charge in [-0.05, 0) is 5.56 Å². The Labute approximate surface area is 89.6 Å². The lowest BCUT2D eigenvalue weighted by molar-refractivity contribution is 0.120. The predicted octanol–water partition coefficient (Wildman–Crippen LogP) is 1.05. The third kappa shape index (κ3) is 4.99. The van der Waals surface area contributed by atoms with Crippen molar-refractivity contribution in [3.05, 3.63) is 35.9 Å². The van der Waals surface area contributed by atoms with E-state index >= 15 is 0 Å². The van der Waals surface area contributed by atoms with Crippen molar-refractivity contribution >= 4 is 6.09 Å². The van der Waals surface area contributed by atoms with Crippen LogP contribution in [0.1, 0.15) is 6.99 Å². The third-order valence-corrected chi connectivity index (χ3v) is 1.70. The number of benzene rings is 1. The van der Waals surface area contributed by atoms with E-state index in [1.165, 1.54) is 0 Å². The number of alkyl carbamates (subject to hydrolysis) is 1. The highest BCUT2D eigenvalue weighted by Crippen LogP contribution is 2.00. The zero-order valence-corrected chi connectivity index (χ0v) is 8.31. The molecular weight excluding hydrogens is 196 g/mol. The van der Waals surface area contributed by atoms with Gasteiger partial charge in [-0.3, -0.25) is 0 Å². The summed E-state index contributed by atoms with van der Waals surface area (Å²) in [5, 5.41) is 2.49. The number of amides is 1. The van der Waals surface area contributed by atoms with Gasteiger partial charge in [0.2, 0.25) is 0 Å². The highest BCUT2D eigenvalue weighted by atomic mass is 16.6. The molecular formula is C10H16N2O3. The number of rotatable bonds is 5. The van der Waals surface area contributed by atoms with Crippen LogP contribution in [0.4, 0.5) is 4.79 Å². The Morgan fingerprint density at radius 2 is 2.13 bits per heavy atom. The lowest BCUT2D eigenvalue weighted by Crippen LogP contribution is -2.28. The van der Waals surface area contributed by atoms with Crippen molar-refractivity contribution in [3.63, 3.8) is 0 Å². The number of carbonyl (C=O) groups is 1. The van der Waals surface area contributed by atoms with E-state index in [-0.39, 0.29) is 14.6 Å². The smallest absolute Gasteiger partial charge is 0.407 e. The van der Waals surface area contributed by atoms with Gasteiger partial charge in [-0.2, -0.15) is 0 Å². The van der Waals surface area contributed by atoms with Crippen LogP contribution in [-0.2, 0) is 16.2 Å². The van der Waals surface area contributed by atoms with Gasteiger partial charge in [0, 0.05) is 7.97 Å². The first-order valence-corrected chi connectivity index (χ1v) is 4.59. The molecule has 0 aliphatic rings. The van der Waals surface area contributed by atoms with Crippen molar-refractivity contribution < 1.29 is 15.8 Å². The van der Waals surface area contributed by atoms with E-state index in [1.807, 2.05) is 30.3 Å². The molecule has 0 saturated heterocycles. The first-order valence-electron chi connectivity index (χ1n) is 4.59. The molecule has 0 atom stereocenters. The summed E-state index contributed by atoms with van der Waals surface area (Å²) in [6.45, 7) is 0.862. The summed E-state index contributed by atoms with van der Waals surface area (Å²) in [7, 11) is 0. The zero-order valence-electron chi connectivity index (χ0n) is 8.31. The van der Waals surface area contributed by atoms with E-state index in [0.717, 1.165) is 5.56 Å². The topological polar surface area (TPSA) is 73.6 Å². The van der Waals surface area contributed by atoms with Crippen molar-refractivity contribution in [2.75, 3.05) is 13.2 Å². The van der Waals surface area contributed by atoms with Crippen LogP contribution in [0.2, 0.25) is 0 Å². The van der Waals surface area contributed by atoms with Crippen LogP contribution in [0, 0.1) is 0 Å². The fourth-order valence-electron chi connectivity index (χ4n) is 0.986. The average Bonchev–Trinajstić information content (AvgIpc) is 2.28. The van der Waals surface area contributed by atoms with Gasteiger partial charge < -0.3 is 14.9 Å². The number of nitrogens with one attached hydrogen (secondary N) is 1. The molecule has 1 rings (SSSR count). The number of ether oxygens (including phenoxy) is 1. The molecule has 5 nitrogen and oxygen atoms in total. The number of nitrogens with two attached hydrogens (primary N) is 1. The van der Waals surface area contributed by atoms with Gasteiger partial charge >= 0.3 is 6.09 Å². The molecule has 1 aromatic rings. The summed E-state index contributed by atoms with van der Waals surface area (Å²) in [6, 6.07) is 9.45. The maximum atomic E-state index is 11.1. The molecule has 0 aromatic heterocycles. The molecule has 3 N–H and O–H groups in total. The number of hydrogen-bond donors (Lipinski definition) is 2. The molecule has 5 heteroatoms. The Morgan fingerprint density at radius 1 is 1.40 bits per heavy atom. The molecule has 0 radical (unpaired) electrons. The van der Waals surface area contributed by atoms with Crippen molar-refractivity contribution in [3.8, 4) is 0 Å². The lowest BCUT2D eigenvalue weighted by Gasteiger charge is -2.05. The van der Waals surface area contributed by atoms with Crippen LogP contribution < -0.4 is 11.2 Å². The van der Waals surface area contributed by atoms with Crippen LogP contribution in [0.5, 0.6) is 0 Å². The summed E-state index contributed by atoms with van der Waals surface area (Å²) < 4.78 is 4.93. The predicted molar refractivity (Wildman–Crippen MR) is 56.9 cm³/mol. The minimum Gasteiger partial charge on any atom is -0.445 e. The molecule has 1 amide bonds. The highest BCUT2D eigenvalue weighted by Gasteiger charge is 2.00. The summed E-state index contributed by atoms with van der Waals surface area (Å²) in [5.74, 6) is 4.79. The van der Waals surface area contributed by atoms with Crippen LogP contribution >= 0.6 is 0 Å². The summed E-state index contributed by atoms with van der Waals surface area (Å²) in [4.78, 5) is 15.3. The average molecular weight is 212 g/mol. The van der Waals surface area contributed by atoms with Crippen LogP contribution in [0.15, 0.2) is 30.3 Å². The molecule has 0 spiro atoms. The van der Waals surface area contributed by atoms with E-state index in [0.29, 0.717) is 6.54 Å². The second-order valence-electron chi connectivity index (χ2n) is 2.86. The third-order valence-electron chi connectivity index (χ3n) is 1.70. The van der Waals surface area contributed by atoms with Gasteiger partial charge in [0.05, 0.1) is 6.61 Å². The van der Waals surface area contributed by atoms with Gasteiger partial charge in [0.1, 0.15) is 6.61 Å². The molecule has 0 bridgehead atoms. The Bertz CT molecular complexity index is 295. The molecule has 1 aromatic carbocycles. The van der Waals surface area contributed by atoms with E-state index in [9.17, 15) is 4.79 Å². The van der Waals surface area contributed by atoms with Gasteiger partial charge in [-0.25, -0.2) is 10.7 Å². The van der Waals surface area contributed by atoms with Crippen LogP contribution in [0.3, 0.4) is 0 Å². The van der Waals surface area contributed by atoms with E-state index in [2.05, 4.69) is 10.2 Å². The standard InChI is InChI=1S/C10H14N2O3.H2/c11-15-7-6-12-10(13)14-8-9-4-2-1-3-5-9;/h1-5H,6-8,11H2,(H,12,13);1H. The minimum absolute atomic E-state index is 0. The Hall–Kier alpha value is -1.59. The van der Waals surface area contributed by atoms with Crippen molar-refractivity contribution in [1.82, 2.24) is 5.32 Å². The number of carbonyl (C=O) groups excluding carboxylic acids is 1. The monoisotopic (exact) mass is 212 g/mol. The van der Waals surface area contributed by atoms with Gasteiger partial charge in [0.15, 0.2) is 0 Å². The second-order valence-corrected chi connectivity index (χ2v) is 2.86. The van der Waals surface area contributed by atoms with E-state index in [1.54, 1.807) is 0 Å². The molecule has 15 heavy (non-hydrogen) atoms. The SMILES string of the molecule is NOCCNC(=O)OCc1ccccc1.[HH]. The quantitative estimate of drug-likeness (QED) is 0.565. The maximum Gasteiger partial charge on any atom is 0.407 e. The largest absolute Gasteiger partial charge is 0.445 e. The Kier molecular flexibility index (Phi) is 5.21. The molecule has 0 fully saturated rings. The normalized spacial score (nSPS) is 9.67. The summed E-state index contributed by atoms with van der Waals surface area (Å²) in [6.07, 6.45) is -0.476. The summed E-state index contributed by atoms with van der Waals surface area (Å²) in [5.41, 5.74) is 0.947. The summed E-state index contributed by atoms with van der Waals surface area (Å²) >= 11 is 0. The lowest BCUT2D eigenvalue weighted by atomic mass is 10.2. The van der Waals surface area contributed by atoms with Crippen molar-refractivity contribution in [2.24, 2.45) is 5.90 Å². The molecule has 0 saturated carbocycles. The number of hydrogen-bond acceptors (Lipinski definition) is 4. The molecule has 0 aliphatic heterocycles. The maximum absolute atomic E-state index is 11.1. The zero-order chi connectivity index (χ0) is 10.9. The fourth-order valence-corrected chi connectivity index (χ4v) is 0.986. The molecule has 0 heterocycles. The van der Waals surface area contributed by atoms with E-state index in [4.69, 9.17) is 10.6 Å². The first kappa shape index (κ1) is 11.5.